The number of carboxylic acids is 1. The smallest absolute Gasteiger partial charge is 0.354 e. The van der Waals surface area contributed by atoms with Crippen molar-refractivity contribution in [2.45, 2.75) is 32.1 Å². The molecule has 40 heavy (non-hydrogen) atoms. The van der Waals surface area contributed by atoms with Crippen LogP contribution in [0.1, 0.15) is 33.9 Å². The largest absolute Gasteiger partial charge is 0.477 e. The van der Waals surface area contributed by atoms with Crippen LogP contribution in [0.15, 0.2) is 72.8 Å². The average Bonchev–Trinajstić information content (AvgIpc) is 3.26. The van der Waals surface area contributed by atoms with Crippen LogP contribution in [-0.2, 0) is 24.3 Å². The molecule has 0 aliphatic carbocycles. The van der Waals surface area contributed by atoms with Gasteiger partial charge in [-0.25, -0.2) is 24.1 Å². The van der Waals surface area contributed by atoms with Gasteiger partial charge in [0.2, 0.25) is 5.88 Å². The van der Waals surface area contributed by atoms with Gasteiger partial charge >= 0.3 is 5.97 Å². The molecule has 1 saturated heterocycles. The van der Waals surface area contributed by atoms with Crippen molar-refractivity contribution in [2.75, 3.05) is 6.61 Å². The van der Waals surface area contributed by atoms with Crippen molar-refractivity contribution in [1.29, 1.82) is 0 Å². The highest BCUT2D eigenvalue weighted by molar-refractivity contribution is 6.30. The van der Waals surface area contributed by atoms with Crippen LogP contribution in [0.4, 0.5) is 4.39 Å². The number of fused-ring (bicyclic) bond motifs is 1. The first kappa shape index (κ1) is 25.9. The van der Waals surface area contributed by atoms with Gasteiger partial charge in [-0.3, -0.25) is 0 Å². The number of rotatable bonds is 9. The highest BCUT2D eigenvalue weighted by Crippen LogP contribution is 2.25. The lowest BCUT2D eigenvalue weighted by molar-refractivity contribution is -0.0590. The van der Waals surface area contributed by atoms with E-state index in [1.54, 1.807) is 24.3 Å². The summed E-state index contributed by atoms with van der Waals surface area (Å²) in [4.78, 5) is 25.2. The average molecular weight is 559 g/mol. The summed E-state index contributed by atoms with van der Waals surface area (Å²) in [7, 11) is 0. The van der Waals surface area contributed by atoms with Gasteiger partial charge in [-0.1, -0.05) is 48.0 Å². The van der Waals surface area contributed by atoms with Crippen molar-refractivity contribution in [2.24, 2.45) is 0 Å². The monoisotopic (exact) mass is 558 g/mol. The van der Waals surface area contributed by atoms with Crippen LogP contribution in [0.5, 0.6) is 5.88 Å². The van der Waals surface area contributed by atoms with Gasteiger partial charge < -0.3 is 19.1 Å². The molecule has 8 nitrogen and oxygen atoms in total. The summed E-state index contributed by atoms with van der Waals surface area (Å²) < 4.78 is 27.4. The normalized spacial score (nSPS) is 14.7. The number of hydrogen-bond donors (Lipinski definition) is 1. The number of aromatic carboxylic acids is 1. The van der Waals surface area contributed by atoms with Gasteiger partial charge in [0.15, 0.2) is 11.3 Å². The lowest BCUT2D eigenvalue weighted by Gasteiger charge is -2.27. The van der Waals surface area contributed by atoms with E-state index in [-0.39, 0.29) is 18.4 Å². The molecule has 0 spiro atoms. The number of aromatic nitrogens is 4. The number of nitrogens with zero attached hydrogens (tertiary/aromatic N) is 4. The number of pyridine rings is 2. The molecule has 0 radical (unpaired) electrons. The van der Waals surface area contributed by atoms with Crippen LogP contribution in [0.25, 0.3) is 22.4 Å². The van der Waals surface area contributed by atoms with Gasteiger partial charge in [0, 0.05) is 35.2 Å². The predicted octanol–water partition coefficient (Wildman–Crippen LogP) is 5.94. The third-order valence-corrected chi connectivity index (χ3v) is 7.03. The fourth-order valence-corrected chi connectivity index (χ4v) is 4.71. The molecular weight excluding hydrogens is 535 g/mol. The molecule has 0 amide bonds. The Morgan fingerprint density at radius 2 is 1.90 bits per heavy atom. The van der Waals surface area contributed by atoms with Gasteiger partial charge in [0.05, 0.1) is 18.3 Å². The Kier molecular flexibility index (Phi) is 7.15. The zero-order chi connectivity index (χ0) is 27.6. The van der Waals surface area contributed by atoms with Crippen LogP contribution < -0.4 is 4.74 Å². The Labute approximate surface area is 234 Å². The topological polar surface area (TPSA) is 99.4 Å². The molecule has 3 aromatic heterocycles. The lowest BCUT2D eigenvalue weighted by atomic mass is 10.1. The van der Waals surface area contributed by atoms with Crippen molar-refractivity contribution >= 4 is 28.7 Å². The molecule has 1 aliphatic heterocycles. The molecule has 6 rings (SSSR count). The molecule has 0 saturated carbocycles. The zero-order valence-corrected chi connectivity index (χ0v) is 22.0. The van der Waals surface area contributed by atoms with Crippen LogP contribution in [0.2, 0.25) is 5.02 Å². The van der Waals surface area contributed by atoms with Crippen LogP contribution in [0.3, 0.4) is 0 Å². The summed E-state index contributed by atoms with van der Waals surface area (Å²) in [5.74, 6) is -0.328. The second-order valence-electron chi connectivity index (χ2n) is 9.52. The van der Waals surface area contributed by atoms with Gasteiger partial charge in [-0.05, 0) is 42.3 Å². The van der Waals surface area contributed by atoms with Gasteiger partial charge in [0.1, 0.15) is 23.8 Å². The molecule has 202 valence electrons. The van der Waals surface area contributed by atoms with Crippen LogP contribution in [-0.4, -0.2) is 43.3 Å². The maximum atomic E-state index is 14.1. The number of carboxylic acid groups (broad SMARTS) is 1. The molecule has 5 aromatic rings. The van der Waals surface area contributed by atoms with Crippen molar-refractivity contribution < 1.29 is 23.8 Å². The number of halogens is 2. The van der Waals surface area contributed by atoms with E-state index in [1.165, 1.54) is 12.1 Å². The highest BCUT2D eigenvalue weighted by Gasteiger charge is 2.23. The molecule has 10 heteroatoms. The Morgan fingerprint density at radius 3 is 2.62 bits per heavy atom. The minimum absolute atomic E-state index is 0.0175. The lowest BCUT2D eigenvalue weighted by Crippen LogP contribution is -2.32. The van der Waals surface area contributed by atoms with Gasteiger partial charge in [0.25, 0.3) is 0 Å². The summed E-state index contributed by atoms with van der Waals surface area (Å²) in [6, 6.07) is 21.0. The third-order valence-electron chi connectivity index (χ3n) is 6.80. The van der Waals surface area contributed by atoms with E-state index in [4.69, 9.17) is 26.1 Å². The number of imidazole rings is 1. The standard InChI is InChI=1S/C30H24ClFN4O4/c31-21-9-8-20(23(32)15-21)17-40-28-3-1-2-24(34-28)19-6-4-18(5-7-19)14-27-33-25-10-11-26(30(37)38)35-29(25)36(27)16-22-12-13-39-22/h1-11,15,22H,12-14,16-17H2,(H,37,38). The molecule has 0 bridgehead atoms. The zero-order valence-electron chi connectivity index (χ0n) is 21.3. The quantitative estimate of drug-likeness (QED) is 0.239. The van der Waals surface area contributed by atoms with E-state index in [0.717, 1.165) is 35.7 Å². The summed E-state index contributed by atoms with van der Waals surface area (Å²) in [5.41, 5.74) is 4.22. The fourth-order valence-electron chi connectivity index (χ4n) is 4.55. The van der Waals surface area contributed by atoms with Crippen LogP contribution >= 0.6 is 11.6 Å². The Morgan fingerprint density at radius 1 is 1.07 bits per heavy atom. The van der Waals surface area contributed by atoms with Crippen molar-refractivity contribution in [3.63, 3.8) is 0 Å². The van der Waals surface area contributed by atoms with E-state index >= 15 is 0 Å². The van der Waals surface area contributed by atoms with E-state index in [9.17, 15) is 14.3 Å². The van der Waals surface area contributed by atoms with Gasteiger partial charge in [-0.15, -0.1) is 0 Å². The summed E-state index contributed by atoms with van der Waals surface area (Å²) in [6.45, 7) is 1.32. The molecule has 1 unspecified atom stereocenters. The Hall–Kier alpha value is -4.34. The van der Waals surface area contributed by atoms with E-state index in [2.05, 4.69) is 9.97 Å². The second kappa shape index (κ2) is 11.0. The SMILES string of the molecule is O=C(O)c1ccc2nc(Cc3ccc(-c4cccc(OCc5ccc(Cl)cc5F)n4)cc3)n(CC3CCO3)c2n1. The number of carbonyl (C=O) groups is 1. The first-order valence-electron chi connectivity index (χ1n) is 12.8. The molecule has 1 aliphatic rings. The van der Waals surface area contributed by atoms with Crippen molar-refractivity contribution in [3.8, 4) is 17.1 Å². The maximum Gasteiger partial charge on any atom is 0.354 e. The van der Waals surface area contributed by atoms with Crippen molar-refractivity contribution in [3.05, 3.63) is 106 Å². The number of benzene rings is 2. The van der Waals surface area contributed by atoms with E-state index in [1.807, 2.05) is 41.0 Å². The van der Waals surface area contributed by atoms with Crippen molar-refractivity contribution in [1.82, 2.24) is 19.5 Å². The number of hydrogen-bond acceptors (Lipinski definition) is 6. The first-order valence-corrected chi connectivity index (χ1v) is 13.1. The fraction of sp³-hybridized carbons (Fsp3) is 0.200. The Bertz CT molecular complexity index is 1700. The molecule has 4 heterocycles. The molecule has 1 atom stereocenters. The summed E-state index contributed by atoms with van der Waals surface area (Å²) in [6.07, 6.45) is 1.54. The summed E-state index contributed by atoms with van der Waals surface area (Å²) >= 11 is 5.82. The molecular formula is C30H24ClFN4O4. The number of ether oxygens (including phenoxy) is 2. The minimum atomic E-state index is -1.08. The maximum absolute atomic E-state index is 14.1. The van der Waals surface area contributed by atoms with Gasteiger partial charge in [-0.2, -0.15) is 0 Å². The second-order valence-corrected chi connectivity index (χ2v) is 9.96. The van der Waals surface area contributed by atoms with Crippen LogP contribution in [0, 0.1) is 5.82 Å². The highest BCUT2D eigenvalue weighted by atomic mass is 35.5. The molecule has 1 N–H and O–H groups in total. The molecule has 2 aromatic carbocycles. The molecule has 1 fully saturated rings. The minimum Gasteiger partial charge on any atom is -0.477 e. The van der Waals surface area contributed by atoms with E-state index < -0.39 is 11.8 Å². The summed E-state index contributed by atoms with van der Waals surface area (Å²) in [5, 5.41) is 9.74. The Balaban J connectivity index is 1.20. The van der Waals surface area contributed by atoms with E-state index in [0.29, 0.717) is 40.6 Å². The third kappa shape index (κ3) is 5.52. The first-order chi connectivity index (χ1) is 19.4. The predicted molar refractivity (Wildman–Crippen MR) is 147 cm³/mol.